The summed E-state index contributed by atoms with van der Waals surface area (Å²) in [6.45, 7) is 3.82. The number of dihydropyridines is 1. The molecule has 0 fully saturated rings. The number of nitrogens with zero attached hydrogens (tertiary/aromatic N) is 3. The van der Waals surface area contributed by atoms with Gasteiger partial charge in [-0.3, -0.25) is 4.99 Å². The summed E-state index contributed by atoms with van der Waals surface area (Å²) < 4.78 is 0. The van der Waals surface area contributed by atoms with Crippen LogP contribution in [-0.4, -0.2) is 35.1 Å². The molecule has 1 N–H and O–H groups in total. The monoisotopic (exact) mass is 177 g/mol. The van der Waals surface area contributed by atoms with Crippen LogP contribution in [0.5, 0.6) is 0 Å². The molecule has 1 unspecified atom stereocenters. The van der Waals surface area contributed by atoms with E-state index in [1.165, 1.54) is 0 Å². The molecule has 4 heteroatoms. The number of aliphatic hydroxyl groups is 1. The van der Waals surface area contributed by atoms with Crippen molar-refractivity contribution in [2.45, 2.75) is 19.9 Å². The van der Waals surface area contributed by atoms with Crippen LogP contribution in [0.1, 0.15) is 13.8 Å². The van der Waals surface area contributed by atoms with E-state index in [0.717, 1.165) is 11.3 Å². The summed E-state index contributed by atoms with van der Waals surface area (Å²) in [7, 11) is 0. The smallest absolute Gasteiger partial charge is 0.159 e. The Balaban J connectivity index is 2.39. The highest BCUT2D eigenvalue weighted by Gasteiger charge is 2.26. The molecule has 2 rings (SSSR count). The van der Waals surface area contributed by atoms with Crippen molar-refractivity contribution in [1.29, 1.82) is 0 Å². The molecule has 0 bridgehead atoms. The van der Waals surface area contributed by atoms with Crippen LogP contribution < -0.4 is 0 Å². The SMILES string of the molecule is CC1=CC(C)=NC2=NC(CO)=NC12. The second-order valence-electron chi connectivity index (χ2n) is 3.22. The third-order valence-electron chi connectivity index (χ3n) is 2.07. The maximum Gasteiger partial charge on any atom is 0.159 e. The van der Waals surface area contributed by atoms with E-state index in [1.807, 2.05) is 19.9 Å². The molecule has 1 atom stereocenters. The van der Waals surface area contributed by atoms with Crippen LogP contribution in [0, 0.1) is 0 Å². The van der Waals surface area contributed by atoms with E-state index in [-0.39, 0.29) is 12.6 Å². The third-order valence-corrected chi connectivity index (χ3v) is 2.07. The highest BCUT2D eigenvalue weighted by Crippen LogP contribution is 2.19. The Morgan fingerprint density at radius 2 is 2.15 bits per heavy atom. The molecular weight excluding hydrogens is 166 g/mol. The standard InChI is InChI=1S/C9H11N3O/c1-5-3-6(2)10-9-8(5)11-7(4-13)12-9/h3,8,13H,4H2,1-2H3. The topological polar surface area (TPSA) is 57.3 Å². The Kier molecular flexibility index (Phi) is 1.84. The van der Waals surface area contributed by atoms with E-state index in [4.69, 9.17) is 5.11 Å². The second kappa shape index (κ2) is 2.88. The summed E-state index contributed by atoms with van der Waals surface area (Å²) in [5.74, 6) is 1.19. The molecule has 0 aromatic carbocycles. The molecule has 2 aliphatic rings. The zero-order valence-electron chi connectivity index (χ0n) is 7.65. The predicted molar refractivity (Wildman–Crippen MR) is 52.6 cm³/mol. The number of fused-ring (bicyclic) bond motifs is 1. The van der Waals surface area contributed by atoms with Crippen LogP contribution in [0.25, 0.3) is 0 Å². The van der Waals surface area contributed by atoms with Crippen LogP contribution in [0.15, 0.2) is 26.6 Å². The first-order valence-electron chi connectivity index (χ1n) is 4.20. The van der Waals surface area contributed by atoms with E-state index in [9.17, 15) is 0 Å². The first-order valence-corrected chi connectivity index (χ1v) is 4.20. The number of amidine groups is 2. The van der Waals surface area contributed by atoms with Crippen molar-refractivity contribution in [3.05, 3.63) is 11.6 Å². The van der Waals surface area contributed by atoms with Gasteiger partial charge in [0.15, 0.2) is 11.7 Å². The highest BCUT2D eigenvalue weighted by atomic mass is 16.3. The van der Waals surface area contributed by atoms with Crippen LogP contribution in [-0.2, 0) is 0 Å². The maximum absolute atomic E-state index is 8.86. The quantitative estimate of drug-likeness (QED) is 0.625. The molecule has 2 aliphatic heterocycles. The largest absolute Gasteiger partial charge is 0.388 e. The molecular formula is C9H11N3O. The lowest BCUT2D eigenvalue weighted by molar-refractivity contribution is 0.356. The lowest BCUT2D eigenvalue weighted by Gasteiger charge is -2.13. The molecule has 68 valence electrons. The number of aliphatic hydroxyl groups excluding tert-OH is 1. The minimum Gasteiger partial charge on any atom is -0.388 e. The zero-order chi connectivity index (χ0) is 9.42. The summed E-state index contributed by atoms with van der Waals surface area (Å²) in [6, 6.07) is -0.0501. The predicted octanol–water partition coefficient (Wildman–Crippen LogP) is 0.579. The highest BCUT2D eigenvalue weighted by molar-refractivity contribution is 6.15. The fourth-order valence-electron chi connectivity index (χ4n) is 1.52. The number of hydrogen-bond acceptors (Lipinski definition) is 4. The van der Waals surface area contributed by atoms with Gasteiger partial charge in [0.1, 0.15) is 12.6 Å². The van der Waals surface area contributed by atoms with E-state index in [1.54, 1.807) is 0 Å². The zero-order valence-corrected chi connectivity index (χ0v) is 7.65. The van der Waals surface area contributed by atoms with Gasteiger partial charge in [0.05, 0.1) is 0 Å². The minimum absolute atomic E-state index is 0.0501. The number of hydrogen-bond donors (Lipinski definition) is 1. The van der Waals surface area contributed by atoms with Gasteiger partial charge in [-0.25, -0.2) is 9.98 Å². The Labute approximate surface area is 76.4 Å². The molecule has 0 saturated carbocycles. The van der Waals surface area contributed by atoms with Gasteiger partial charge in [-0.2, -0.15) is 0 Å². The average molecular weight is 177 g/mol. The maximum atomic E-state index is 8.86. The second-order valence-corrected chi connectivity index (χ2v) is 3.22. The van der Waals surface area contributed by atoms with Crippen LogP contribution >= 0.6 is 0 Å². The van der Waals surface area contributed by atoms with Crippen LogP contribution in [0.2, 0.25) is 0 Å². The molecule has 0 radical (unpaired) electrons. The lowest BCUT2D eigenvalue weighted by Crippen LogP contribution is -2.20. The summed E-state index contributed by atoms with van der Waals surface area (Å²) in [6.07, 6.45) is 1.99. The first-order chi connectivity index (χ1) is 6.20. The number of allylic oxidation sites excluding steroid dienone is 1. The fourth-order valence-corrected chi connectivity index (χ4v) is 1.52. The molecule has 4 nitrogen and oxygen atoms in total. The van der Waals surface area contributed by atoms with Crippen molar-refractivity contribution < 1.29 is 5.11 Å². The van der Waals surface area contributed by atoms with Gasteiger partial charge in [0, 0.05) is 5.71 Å². The fraction of sp³-hybridized carbons (Fsp3) is 0.444. The van der Waals surface area contributed by atoms with Gasteiger partial charge in [-0.15, -0.1) is 0 Å². The molecule has 0 aromatic heterocycles. The van der Waals surface area contributed by atoms with Crippen molar-refractivity contribution in [1.82, 2.24) is 0 Å². The van der Waals surface area contributed by atoms with Crippen LogP contribution in [0.4, 0.5) is 0 Å². The summed E-state index contributed by atoms with van der Waals surface area (Å²) >= 11 is 0. The Hall–Kier alpha value is -1.29. The van der Waals surface area contributed by atoms with Gasteiger partial charge in [0.2, 0.25) is 0 Å². The molecule has 0 aromatic rings. The Morgan fingerprint density at radius 3 is 2.85 bits per heavy atom. The summed E-state index contributed by atoms with van der Waals surface area (Å²) in [4.78, 5) is 12.6. The molecule has 0 amide bonds. The van der Waals surface area contributed by atoms with Gasteiger partial charge in [0.25, 0.3) is 0 Å². The van der Waals surface area contributed by atoms with E-state index >= 15 is 0 Å². The normalized spacial score (nSPS) is 25.9. The van der Waals surface area contributed by atoms with Gasteiger partial charge >= 0.3 is 0 Å². The van der Waals surface area contributed by atoms with E-state index < -0.39 is 0 Å². The Morgan fingerprint density at radius 1 is 1.38 bits per heavy atom. The minimum atomic E-state index is -0.109. The number of aliphatic imine (C=N–C) groups is 3. The molecule has 13 heavy (non-hydrogen) atoms. The third kappa shape index (κ3) is 1.33. The van der Waals surface area contributed by atoms with Gasteiger partial charge < -0.3 is 5.11 Å². The molecule has 0 aliphatic carbocycles. The Bertz CT molecular complexity index is 363. The van der Waals surface area contributed by atoms with Crippen molar-refractivity contribution in [2.75, 3.05) is 6.61 Å². The van der Waals surface area contributed by atoms with Crippen LogP contribution in [0.3, 0.4) is 0 Å². The number of rotatable bonds is 1. The molecule has 2 heterocycles. The van der Waals surface area contributed by atoms with Gasteiger partial charge in [-0.05, 0) is 25.5 Å². The molecule has 0 saturated heterocycles. The van der Waals surface area contributed by atoms with E-state index in [2.05, 4.69) is 15.0 Å². The first kappa shape index (κ1) is 8.31. The summed E-state index contributed by atoms with van der Waals surface area (Å²) in [5, 5.41) is 8.86. The lowest BCUT2D eigenvalue weighted by atomic mass is 10.0. The molecule has 0 spiro atoms. The van der Waals surface area contributed by atoms with Crippen molar-refractivity contribution in [3.8, 4) is 0 Å². The van der Waals surface area contributed by atoms with Crippen molar-refractivity contribution >= 4 is 17.4 Å². The summed E-state index contributed by atoms with van der Waals surface area (Å²) in [5.41, 5.74) is 2.08. The van der Waals surface area contributed by atoms with E-state index in [0.29, 0.717) is 11.7 Å². The average Bonchev–Trinajstić information content (AvgIpc) is 2.47. The van der Waals surface area contributed by atoms with Crippen molar-refractivity contribution in [3.63, 3.8) is 0 Å². The van der Waals surface area contributed by atoms with Crippen molar-refractivity contribution in [2.24, 2.45) is 15.0 Å². The van der Waals surface area contributed by atoms with Gasteiger partial charge in [-0.1, -0.05) is 0 Å².